The molecule has 1 fully saturated rings. The van der Waals surface area contributed by atoms with Gasteiger partial charge >= 0.3 is 5.97 Å². The average Bonchev–Trinajstić information content (AvgIpc) is 2.47. The van der Waals surface area contributed by atoms with E-state index in [0.29, 0.717) is 6.61 Å². The molecule has 2 unspecified atom stereocenters. The van der Waals surface area contributed by atoms with E-state index in [4.69, 9.17) is 15.2 Å². The maximum absolute atomic E-state index is 10.6. The van der Waals surface area contributed by atoms with Crippen LogP contribution in [-0.4, -0.2) is 29.3 Å². The van der Waals surface area contributed by atoms with Crippen LogP contribution in [0.1, 0.15) is 12.8 Å². The summed E-state index contributed by atoms with van der Waals surface area (Å²) in [5.41, 5.74) is 5.07. The summed E-state index contributed by atoms with van der Waals surface area (Å²) in [5, 5.41) is 0. The van der Waals surface area contributed by atoms with E-state index in [0.717, 1.165) is 12.8 Å². The fourth-order valence-electron chi connectivity index (χ4n) is 1.03. The van der Waals surface area contributed by atoms with Crippen molar-refractivity contribution < 1.29 is 14.3 Å². The lowest BCUT2D eigenvalue weighted by Gasteiger charge is -2.09. The maximum Gasteiger partial charge on any atom is 0.319 e. The van der Waals surface area contributed by atoms with Crippen molar-refractivity contribution in [3.8, 4) is 0 Å². The summed E-state index contributed by atoms with van der Waals surface area (Å²) in [6.07, 6.45) is 2.07. The molecule has 0 bridgehead atoms. The molecule has 1 aliphatic heterocycles. The highest BCUT2D eigenvalue weighted by Crippen LogP contribution is 2.24. The molecule has 0 aromatic carbocycles. The van der Waals surface area contributed by atoms with E-state index in [2.05, 4.69) is 22.6 Å². The first kappa shape index (κ1) is 10.2. The van der Waals surface area contributed by atoms with Gasteiger partial charge in [0.25, 0.3) is 0 Å². The van der Waals surface area contributed by atoms with Crippen molar-refractivity contribution in [2.75, 3.05) is 13.2 Å². The quantitative estimate of drug-likeness (QED) is 0.464. The van der Waals surface area contributed by atoms with Gasteiger partial charge in [0, 0.05) is 0 Å². The van der Waals surface area contributed by atoms with E-state index in [-0.39, 0.29) is 22.7 Å². The van der Waals surface area contributed by atoms with Crippen LogP contribution in [-0.2, 0) is 14.3 Å². The molecule has 0 amide bonds. The number of alkyl halides is 1. The summed E-state index contributed by atoms with van der Waals surface area (Å²) in [6.45, 7) is 0.288. The Morgan fingerprint density at radius 3 is 2.92 bits per heavy atom. The Balaban J connectivity index is 2.11. The number of carbonyl (C=O) groups excluding carboxylic acids is 1. The Hall–Kier alpha value is 0.120. The lowest BCUT2D eigenvalue weighted by molar-refractivity contribution is -0.145. The fourth-order valence-corrected chi connectivity index (χ4v) is 1.80. The van der Waals surface area contributed by atoms with E-state index in [1.165, 1.54) is 0 Å². The molecule has 0 aromatic heterocycles. The van der Waals surface area contributed by atoms with Crippen molar-refractivity contribution in [2.24, 2.45) is 5.73 Å². The second-order valence-corrected chi connectivity index (χ2v) is 4.02. The number of halogens is 1. The smallest absolute Gasteiger partial charge is 0.319 e. The van der Waals surface area contributed by atoms with Crippen molar-refractivity contribution >= 4 is 28.6 Å². The number of nitrogens with two attached hydrogens (primary N) is 1. The fraction of sp³-hybridized carbons (Fsp3) is 0.857. The van der Waals surface area contributed by atoms with Crippen LogP contribution in [0.5, 0.6) is 0 Å². The standard InChI is InChI=1S/C7H12INO3/c8-6-2-1-5(12-6)4-11-7(10)3-9/h5-6H,1-4,9H2. The van der Waals surface area contributed by atoms with Crippen LogP contribution in [0.4, 0.5) is 0 Å². The summed E-state index contributed by atoms with van der Waals surface area (Å²) in [5.74, 6) is -0.365. The van der Waals surface area contributed by atoms with Gasteiger partial charge in [0.1, 0.15) is 10.7 Å². The van der Waals surface area contributed by atoms with Gasteiger partial charge in [-0.15, -0.1) is 0 Å². The molecule has 1 rings (SSSR count). The molecule has 70 valence electrons. The van der Waals surface area contributed by atoms with Crippen LogP contribution in [0.25, 0.3) is 0 Å². The third-order valence-electron chi connectivity index (χ3n) is 1.65. The second-order valence-electron chi connectivity index (χ2n) is 2.63. The average molecular weight is 285 g/mol. The lowest BCUT2D eigenvalue weighted by Crippen LogP contribution is -2.23. The Labute approximate surface area is 84.9 Å². The molecule has 0 spiro atoms. The highest BCUT2D eigenvalue weighted by Gasteiger charge is 2.23. The van der Waals surface area contributed by atoms with Gasteiger partial charge in [0.15, 0.2) is 0 Å². The highest BCUT2D eigenvalue weighted by molar-refractivity contribution is 14.1. The van der Waals surface area contributed by atoms with Crippen LogP contribution >= 0.6 is 22.6 Å². The zero-order valence-corrected chi connectivity index (χ0v) is 8.82. The molecule has 2 atom stereocenters. The molecule has 0 aromatic rings. The van der Waals surface area contributed by atoms with Gasteiger partial charge in [-0.2, -0.15) is 0 Å². The number of hydrogen-bond acceptors (Lipinski definition) is 4. The molecule has 4 nitrogen and oxygen atoms in total. The van der Waals surface area contributed by atoms with Gasteiger partial charge in [0.05, 0.1) is 12.6 Å². The minimum Gasteiger partial charge on any atom is -0.462 e. The van der Waals surface area contributed by atoms with Crippen LogP contribution in [0.3, 0.4) is 0 Å². The van der Waals surface area contributed by atoms with Crippen molar-refractivity contribution in [1.82, 2.24) is 0 Å². The van der Waals surface area contributed by atoms with Crippen LogP contribution < -0.4 is 5.73 Å². The van der Waals surface area contributed by atoms with Crippen LogP contribution in [0.2, 0.25) is 0 Å². The summed E-state index contributed by atoms with van der Waals surface area (Å²) in [7, 11) is 0. The van der Waals surface area contributed by atoms with E-state index in [9.17, 15) is 4.79 Å². The monoisotopic (exact) mass is 285 g/mol. The van der Waals surface area contributed by atoms with E-state index in [1.807, 2.05) is 0 Å². The van der Waals surface area contributed by atoms with Crippen LogP contribution in [0.15, 0.2) is 0 Å². The molecule has 1 aliphatic rings. The number of carbonyl (C=O) groups is 1. The van der Waals surface area contributed by atoms with Crippen molar-refractivity contribution in [2.45, 2.75) is 23.1 Å². The summed E-state index contributed by atoms with van der Waals surface area (Å²) >= 11 is 2.23. The molecule has 12 heavy (non-hydrogen) atoms. The minimum atomic E-state index is -0.365. The molecule has 1 saturated heterocycles. The van der Waals surface area contributed by atoms with Gasteiger partial charge in [-0.3, -0.25) is 4.79 Å². The molecule has 0 saturated carbocycles. The van der Waals surface area contributed by atoms with Gasteiger partial charge in [-0.05, 0) is 12.8 Å². The second kappa shape index (κ2) is 4.98. The molecule has 0 aliphatic carbocycles. The molecule has 0 radical (unpaired) electrons. The summed E-state index contributed by atoms with van der Waals surface area (Å²) < 4.78 is 10.5. The normalized spacial score (nSPS) is 28.8. The topological polar surface area (TPSA) is 61.6 Å². The first-order valence-electron chi connectivity index (χ1n) is 3.87. The molecule has 5 heteroatoms. The predicted molar refractivity (Wildman–Crippen MR) is 51.9 cm³/mol. The molecule has 2 N–H and O–H groups in total. The Bertz CT molecular complexity index is 165. The predicted octanol–water partition coefficient (Wildman–Crippen LogP) is 0.428. The first-order chi connectivity index (χ1) is 5.72. The van der Waals surface area contributed by atoms with Gasteiger partial charge in [-0.25, -0.2) is 0 Å². The number of esters is 1. The van der Waals surface area contributed by atoms with Crippen molar-refractivity contribution in [1.29, 1.82) is 0 Å². The van der Waals surface area contributed by atoms with Crippen LogP contribution in [0, 0.1) is 0 Å². The minimum absolute atomic E-state index is 0.0552. The lowest BCUT2D eigenvalue weighted by atomic mass is 10.2. The number of ether oxygens (including phenoxy) is 2. The number of rotatable bonds is 3. The van der Waals surface area contributed by atoms with Gasteiger partial charge in [-0.1, -0.05) is 22.6 Å². The Morgan fingerprint density at radius 2 is 2.42 bits per heavy atom. The highest BCUT2D eigenvalue weighted by atomic mass is 127. The number of hydrogen-bond donors (Lipinski definition) is 1. The first-order valence-corrected chi connectivity index (χ1v) is 5.12. The zero-order chi connectivity index (χ0) is 8.97. The summed E-state index contributed by atoms with van der Waals surface area (Å²) in [6, 6.07) is 0. The molecular formula is C7H12INO3. The third-order valence-corrected chi connectivity index (χ3v) is 2.57. The molecule has 1 heterocycles. The van der Waals surface area contributed by atoms with E-state index < -0.39 is 0 Å². The van der Waals surface area contributed by atoms with Gasteiger partial charge in [0.2, 0.25) is 0 Å². The SMILES string of the molecule is NCC(=O)OCC1CCC(I)O1. The Kier molecular flexibility index (Phi) is 4.24. The maximum atomic E-state index is 10.6. The van der Waals surface area contributed by atoms with Crippen molar-refractivity contribution in [3.63, 3.8) is 0 Å². The largest absolute Gasteiger partial charge is 0.462 e. The van der Waals surface area contributed by atoms with E-state index in [1.54, 1.807) is 0 Å². The zero-order valence-electron chi connectivity index (χ0n) is 6.66. The van der Waals surface area contributed by atoms with Gasteiger partial charge < -0.3 is 15.2 Å². The summed E-state index contributed by atoms with van der Waals surface area (Å²) in [4.78, 5) is 10.6. The third kappa shape index (κ3) is 3.24. The molecular weight excluding hydrogens is 273 g/mol. The van der Waals surface area contributed by atoms with E-state index >= 15 is 0 Å². The Morgan fingerprint density at radius 1 is 1.67 bits per heavy atom. The van der Waals surface area contributed by atoms with Crippen molar-refractivity contribution in [3.05, 3.63) is 0 Å².